The zero-order valence-electron chi connectivity index (χ0n) is 15.1. The van der Waals surface area contributed by atoms with Crippen LogP contribution in [0.1, 0.15) is 40.7 Å². The summed E-state index contributed by atoms with van der Waals surface area (Å²) in [7, 11) is 0. The van der Waals surface area contributed by atoms with Crippen molar-refractivity contribution >= 4 is 11.8 Å². The SMILES string of the molecule is Cc1ccc(C(=O)NCCNC(=O)C2(c3ccc(F)cc3)CCC2)cc1F. The molecule has 0 aliphatic heterocycles. The molecule has 0 atom stereocenters. The summed E-state index contributed by atoms with van der Waals surface area (Å²) in [6.07, 6.45) is 2.39. The monoisotopic (exact) mass is 372 g/mol. The first-order valence-electron chi connectivity index (χ1n) is 9.01. The number of carbonyl (C=O) groups is 2. The predicted molar refractivity (Wildman–Crippen MR) is 98.4 cm³/mol. The first-order valence-corrected chi connectivity index (χ1v) is 9.01. The van der Waals surface area contributed by atoms with Crippen LogP contribution >= 0.6 is 0 Å². The fourth-order valence-corrected chi connectivity index (χ4v) is 3.30. The van der Waals surface area contributed by atoms with Crippen molar-refractivity contribution < 1.29 is 18.4 Å². The quantitative estimate of drug-likeness (QED) is 0.765. The van der Waals surface area contributed by atoms with Crippen LogP contribution in [0.5, 0.6) is 0 Å². The van der Waals surface area contributed by atoms with Crippen LogP contribution in [0, 0.1) is 18.6 Å². The third-order valence-electron chi connectivity index (χ3n) is 5.17. The van der Waals surface area contributed by atoms with Crippen molar-refractivity contribution in [3.05, 3.63) is 70.8 Å². The van der Waals surface area contributed by atoms with Gasteiger partial charge in [-0.1, -0.05) is 24.6 Å². The second-order valence-corrected chi connectivity index (χ2v) is 6.92. The number of rotatable bonds is 6. The molecule has 4 nitrogen and oxygen atoms in total. The predicted octanol–water partition coefficient (Wildman–Crippen LogP) is 3.24. The van der Waals surface area contributed by atoms with Gasteiger partial charge in [-0.2, -0.15) is 0 Å². The number of halogens is 2. The number of amides is 2. The van der Waals surface area contributed by atoms with E-state index in [0.717, 1.165) is 24.8 Å². The first-order chi connectivity index (χ1) is 12.9. The van der Waals surface area contributed by atoms with Crippen molar-refractivity contribution in [1.29, 1.82) is 0 Å². The van der Waals surface area contributed by atoms with Crippen molar-refractivity contribution in [3.8, 4) is 0 Å². The molecular formula is C21H22F2N2O2. The van der Waals surface area contributed by atoms with Crippen LogP contribution in [0.2, 0.25) is 0 Å². The van der Waals surface area contributed by atoms with Gasteiger partial charge in [0.25, 0.3) is 5.91 Å². The molecule has 1 saturated carbocycles. The van der Waals surface area contributed by atoms with Crippen LogP contribution in [-0.2, 0) is 10.2 Å². The summed E-state index contributed by atoms with van der Waals surface area (Å²) in [5.74, 6) is -1.26. The van der Waals surface area contributed by atoms with Gasteiger partial charge in [-0.15, -0.1) is 0 Å². The van der Waals surface area contributed by atoms with Crippen LogP contribution in [0.3, 0.4) is 0 Å². The van der Waals surface area contributed by atoms with E-state index < -0.39 is 11.2 Å². The smallest absolute Gasteiger partial charge is 0.251 e. The minimum Gasteiger partial charge on any atom is -0.354 e. The van der Waals surface area contributed by atoms with Crippen LogP contribution in [0.4, 0.5) is 8.78 Å². The molecule has 1 aliphatic rings. The molecular weight excluding hydrogens is 350 g/mol. The average Bonchev–Trinajstić information content (AvgIpc) is 2.61. The molecule has 2 N–H and O–H groups in total. The summed E-state index contributed by atoms with van der Waals surface area (Å²) in [5, 5.41) is 5.51. The molecule has 6 heteroatoms. The second-order valence-electron chi connectivity index (χ2n) is 6.92. The zero-order valence-corrected chi connectivity index (χ0v) is 15.1. The molecule has 2 aromatic carbocycles. The normalized spacial score (nSPS) is 14.9. The molecule has 0 bridgehead atoms. The number of hydrogen-bond acceptors (Lipinski definition) is 2. The van der Waals surface area contributed by atoms with E-state index in [0.29, 0.717) is 5.56 Å². The van der Waals surface area contributed by atoms with Crippen LogP contribution < -0.4 is 10.6 Å². The average molecular weight is 372 g/mol. The summed E-state index contributed by atoms with van der Waals surface area (Å²) in [6, 6.07) is 10.3. The van der Waals surface area contributed by atoms with Gasteiger partial charge >= 0.3 is 0 Å². The van der Waals surface area contributed by atoms with Crippen LogP contribution in [0.15, 0.2) is 42.5 Å². The lowest BCUT2D eigenvalue weighted by molar-refractivity contribution is -0.129. The summed E-state index contributed by atoms with van der Waals surface area (Å²) >= 11 is 0. The third-order valence-corrected chi connectivity index (χ3v) is 5.17. The van der Waals surface area contributed by atoms with Gasteiger partial charge in [0, 0.05) is 18.7 Å². The Morgan fingerprint density at radius 2 is 1.67 bits per heavy atom. The van der Waals surface area contributed by atoms with E-state index in [4.69, 9.17) is 0 Å². The van der Waals surface area contributed by atoms with Gasteiger partial charge in [-0.3, -0.25) is 9.59 Å². The Bertz CT molecular complexity index is 846. The summed E-state index contributed by atoms with van der Waals surface area (Å²) < 4.78 is 26.7. The van der Waals surface area contributed by atoms with Crippen LogP contribution in [0.25, 0.3) is 0 Å². The summed E-state index contributed by atoms with van der Waals surface area (Å²) in [6.45, 7) is 2.13. The molecule has 1 aliphatic carbocycles. The Morgan fingerprint density at radius 1 is 1.00 bits per heavy atom. The van der Waals surface area contributed by atoms with Gasteiger partial charge in [0.05, 0.1) is 5.41 Å². The second kappa shape index (κ2) is 7.86. The molecule has 1 fully saturated rings. The molecule has 27 heavy (non-hydrogen) atoms. The zero-order chi connectivity index (χ0) is 19.4. The highest BCUT2D eigenvalue weighted by Crippen LogP contribution is 2.43. The maximum Gasteiger partial charge on any atom is 0.251 e. The molecule has 0 spiro atoms. The van der Waals surface area contributed by atoms with Crippen molar-refractivity contribution in [2.75, 3.05) is 13.1 Å². The standard InChI is InChI=1S/C21H22F2N2O2/c1-14-3-4-15(13-18(14)23)19(26)24-11-12-25-20(27)21(9-2-10-21)16-5-7-17(22)8-6-16/h3-8,13H,2,9-12H2,1H3,(H,24,26)(H,25,27). The maximum atomic E-state index is 13.5. The number of carbonyl (C=O) groups excluding carboxylic acids is 2. The van der Waals surface area contributed by atoms with Gasteiger partial charge in [0.1, 0.15) is 11.6 Å². The highest BCUT2D eigenvalue weighted by molar-refractivity contribution is 5.94. The Hall–Kier alpha value is -2.76. The van der Waals surface area contributed by atoms with E-state index in [2.05, 4.69) is 10.6 Å². The Labute approximate surface area is 157 Å². The fraction of sp³-hybridized carbons (Fsp3) is 0.333. The van der Waals surface area contributed by atoms with Crippen LogP contribution in [-0.4, -0.2) is 24.9 Å². The maximum absolute atomic E-state index is 13.5. The summed E-state index contributed by atoms with van der Waals surface area (Å²) in [4.78, 5) is 24.7. The first kappa shape index (κ1) is 19.0. The fourth-order valence-electron chi connectivity index (χ4n) is 3.30. The van der Waals surface area contributed by atoms with E-state index in [1.54, 1.807) is 31.2 Å². The van der Waals surface area contributed by atoms with Gasteiger partial charge in [-0.05, 0) is 55.2 Å². The molecule has 0 radical (unpaired) electrons. The van der Waals surface area contributed by atoms with Gasteiger partial charge in [0.2, 0.25) is 5.91 Å². The molecule has 0 saturated heterocycles. The van der Waals surface area contributed by atoms with Crippen molar-refractivity contribution in [2.24, 2.45) is 0 Å². The molecule has 0 heterocycles. The minimum absolute atomic E-state index is 0.115. The van der Waals surface area contributed by atoms with Gasteiger partial charge < -0.3 is 10.6 Å². The number of nitrogens with one attached hydrogen (secondary N) is 2. The largest absolute Gasteiger partial charge is 0.354 e. The Morgan fingerprint density at radius 3 is 2.26 bits per heavy atom. The third kappa shape index (κ3) is 3.99. The topological polar surface area (TPSA) is 58.2 Å². The molecule has 2 aromatic rings. The molecule has 0 aromatic heterocycles. The molecule has 0 unspecified atom stereocenters. The number of hydrogen-bond donors (Lipinski definition) is 2. The van der Waals surface area contributed by atoms with E-state index in [1.807, 2.05) is 0 Å². The highest BCUT2D eigenvalue weighted by atomic mass is 19.1. The Balaban J connectivity index is 1.52. The van der Waals surface area contributed by atoms with Gasteiger partial charge in [-0.25, -0.2) is 8.78 Å². The minimum atomic E-state index is -0.613. The van der Waals surface area contributed by atoms with E-state index in [-0.39, 0.29) is 36.3 Å². The van der Waals surface area contributed by atoms with Crippen molar-refractivity contribution in [2.45, 2.75) is 31.6 Å². The highest BCUT2D eigenvalue weighted by Gasteiger charge is 2.45. The molecule has 142 valence electrons. The lowest BCUT2D eigenvalue weighted by Gasteiger charge is -2.40. The molecule has 2 amide bonds. The van der Waals surface area contributed by atoms with E-state index >= 15 is 0 Å². The van der Waals surface area contributed by atoms with Gasteiger partial charge in [0.15, 0.2) is 0 Å². The summed E-state index contributed by atoms with van der Waals surface area (Å²) in [5.41, 5.74) is 0.918. The lowest BCUT2D eigenvalue weighted by Crippen LogP contribution is -2.50. The molecule has 3 rings (SSSR count). The van der Waals surface area contributed by atoms with E-state index in [1.165, 1.54) is 18.2 Å². The Kier molecular flexibility index (Phi) is 5.54. The lowest BCUT2D eigenvalue weighted by atomic mass is 9.64. The van der Waals surface area contributed by atoms with Crippen molar-refractivity contribution in [1.82, 2.24) is 10.6 Å². The van der Waals surface area contributed by atoms with E-state index in [9.17, 15) is 18.4 Å². The number of benzene rings is 2. The number of aryl methyl sites for hydroxylation is 1. The van der Waals surface area contributed by atoms with Crippen molar-refractivity contribution in [3.63, 3.8) is 0 Å².